The van der Waals surface area contributed by atoms with Crippen LogP contribution in [-0.2, 0) is 6.42 Å². The number of hydrazone groups is 1. The third kappa shape index (κ3) is 5.10. The minimum Gasteiger partial charge on any atom is -0.506 e. The molecule has 0 bridgehead atoms. The largest absolute Gasteiger partial charge is 0.506 e. The highest BCUT2D eigenvalue weighted by atomic mass is 32.1. The normalized spacial score (nSPS) is 12.3. The van der Waals surface area contributed by atoms with E-state index in [0.29, 0.717) is 17.6 Å². The molecule has 0 amide bonds. The predicted octanol–water partition coefficient (Wildman–Crippen LogP) is 4.20. The van der Waals surface area contributed by atoms with Crippen LogP contribution in [0.3, 0.4) is 0 Å². The van der Waals surface area contributed by atoms with Gasteiger partial charge in [-0.25, -0.2) is 4.79 Å². The van der Waals surface area contributed by atoms with E-state index in [1.54, 1.807) is 7.05 Å². The summed E-state index contributed by atoms with van der Waals surface area (Å²) >= 11 is 1.53. The Balaban J connectivity index is 0.000000210. The van der Waals surface area contributed by atoms with Crippen molar-refractivity contribution >= 4 is 29.3 Å². The third-order valence-corrected chi connectivity index (χ3v) is 5.70. The molecule has 0 saturated carbocycles. The van der Waals surface area contributed by atoms with Crippen LogP contribution in [0.1, 0.15) is 38.8 Å². The minimum absolute atomic E-state index is 0.190. The molecule has 3 aromatic rings. The Morgan fingerprint density at radius 2 is 1.97 bits per heavy atom. The number of benzene rings is 2. The van der Waals surface area contributed by atoms with Gasteiger partial charge in [-0.15, -0.1) is 11.3 Å². The van der Waals surface area contributed by atoms with Crippen molar-refractivity contribution in [3.05, 3.63) is 70.1 Å². The number of ether oxygens (including phenoxy) is 1. The Labute approximate surface area is 183 Å². The zero-order chi connectivity index (χ0) is 22.4. The number of nitrogens with zero attached hydrogens (tertiary/aromatic N) is 1. The van der Waals surface area contributed by atoms with Gasteiger partial charge in [0.25, 0.3) is 0 Å². The average molecular weight is 439 g/mol. The van der Waals surface area contributed by atoms with Crippen LogP contribution in [0.25, 0.3) is 10.4 Å². The Morgan fingerprint density at radius 1 is 1.23 bits per heavy atom. The van der Waals surface area contributed by atoms with Crippen LogP contribution in [0, 0.1) is 0 Å². The molecule has 4 rings (SSSR count). The number of carbonyl (C=O) groups excluding carboxylic acids is 1. The van der Waals surface area contributed by atoms with Gasteiger partial charge in [0.1, 0.15) is 17.8 Å². The molecule has 1 aliphatic heterocycles. The topological polar surface area (TPSA) is 108 Å². The zero-order valence-corrected chi connectivity index (χ0v) is 17.9. The van der Waals surface area contributed by atoms with Gasteiger partial charge in [0.05, 0.1) is 28.3 Å². The van der Waals surface area contributed by atoms with Gasteiger partial charge in [-0.05, 0) is 48.4 Å². The van der Waals surface area contributed by atoms with Crippen molar-refractivity contribution in [1.29, 1.82) is 0 Å². The number of carboxylic acids is 1. The van der Waals surface area contributed by atoms with Crippen LogP contribution < -0.4 is 10.2 Å². The Hall–Kier alpha value is -3.65. The summed E-state index contributed by atoms with van der Waals surface area (Å²) in [4.78, 5) is 21.3. The molecule has 2 aromatic carbocycles. The highest BCUT2D eigenvalue weighted by Crippen LogP contribution is 2.40. The van der Waals surface area contributed by atoms with Gasteiger partial charge >= 0.3 is 5.97 Å². The van der Waals surface area contributed by atoms with E-state index in [4.69, 9.17) is 9.84 Å². The third-order valence-electron chi connectivity index (χ3n) is 4.68. The van der Waals surface area contributed by atoms with Gasteiger partial charge in [0.15, 0.2) is 0 Å². The Kier molecular flexibility index (Phi) is 7.04. The van der Waals surface area contributed by atoms with Crippen molar-refractivity contribution < 1.29 is 24.5 Å². The van der Waals surface area contributed by atoms with Crippen LogP contribution in [0.2, 0.25) is 0 Å². The lowest BCUT2D eigenvalue weighted by molar-refractivity contribution is 0.0696. The van der Waals surface area contributed by atoms with Crippen LogP contribution in [0.5, 0.6) is 11.5 Å². The summed E-state index contributed by atoms with van der Waals surface area (Å²) in [5.74, 6) is 0.269. The molecule has 8 heteroatoms. The van der Waals surface area contributed by atoms with Gasteiger partial charge in [-0.2, -0.15) is 5.10 Å². The zero-order valence-electron chi connectivity index (χ0n) is 17.1. The number of nitrogens with one attached hydrogen (secondary N) is 1. The second-order valence-corrected chi connectivity index (χ2v) is 7.59. The average Bonchev–Trinajstić information content (AvgIpc) is 3.40. The SMILES string of the molecule is CN/N=C(\C)c1csc(-c2ccc3c(c2)CCO3)c1O.O=Cc1ccc(C(=O)O)cc1. The first-order valence-electron chi connectivity index (χ1n) is 9.51. The molecule has 1 aliphatic rings. The van der Waals surface area contributed by atoms with E-state index in [1.165, 1.54) is 41.2 Å². The molecule has 0 spiro atoms. The van der Waals surface area contributed by atoms with E-state index in [0.717, 1.165) is 40.5 Å². The lowest BCUT2D eigenvalue weighted by Gasteiger charge is -2.04. The molecular formula is C23H22N2O5S. The maximum absolute atomic E-state index is 10.4. The monoisotopic (exact) mass is 438 g/mol. The molecule has 0 unspecified atom stereocenters. The first-order chi connectivity index (χ1) is 14.9. The van der Waals surface area contributed by atoms with Gasteiger partial charge in [0, 0.05) is 24.4 Å². The first-order valence-corrected chi connectivity index (χ1v) is 10.4. The second-order valence-electron chi connectivity index (χ2n) is 6.71. The van der Waals surface area contributed by atoms with Crippen LogP contribution in [0.4, 0.5) is 0 Å². The molecule has 0 fully saturated rings. The smallest absolute Gasteiger partial charge is 0.335 e. The number of aldehydes is 1. The number of thiophene rings is 1. The highest BCUT2D eigenvalue weighted by molar-refractivity contribution is 7.14. The molecule has 0 radical (unpaired) electrons. The standard InChI is InChI=1S/C15H16N2O2S.C8H6O3/c1-9(17-16-2)12-8-20-15(14(12)18)11-3-4-13-10(7-11)5-6-19-13;9-5-6-1-3-7(4-2-6)8(10)11/h3-4,7-8,16,18H,5-6H2,1-2H3;1-5H,(H,10,11)/b17-9+;. The molecule has 3 N–H and O–H groups in total. The fourth-order valence-electron chi connectivity index (χ4n) is 3.07. The van der Waals surface area contributed by atoms with Gasteiger partial charge in [0.2, 0.25) is 0 Å². The number of aromatic hydroxyl groups is 1. The molecule has 2 heterocycles. The number of rotatable bonds is 5. The van der Waals surface area contributed by atoms with Crippen LogP contribution in [-0.4, -0.2) is 41.8 Å². The Morgan fingerprint density at radius 3 is 2.61 bits per heavy atom. The maximum Gasteiger partial charge on any atom is 0.335 e. The summed E-state index contributed by atoms with van der Waals surface area (Å²) in [6, 6.07) is 11.8. The fraction of sp³-hybridized carbons (Fsp3) is 0.174. The molecular weight excluding hydrogens is 416 g/mol. The van der Waals surface area contributed by atoms with E-state index >= 15 is 0 Å². The molecule has 160 valence electrons. The maximum atomic E-state index is 10.4. The van der Waals surface area contributed by atoms with Crippen LogP contribution >= 0.6 is 11.3 Å². The van der Waals surface area contributed by atoms with Crippen LogP contribution in [0.15, 0.2) is 52.9 Å². The number of hydrogen-bond acceptors (Lipinski definition) is 7. The van der Waals surface area contributed by atoms with Crippen molar-refractivity contribution in [3.8, 4) is 21.9 Å². The Bertz CT molecular complexity index is 1120. The number of aromatic carboxylic acids is 1. The van der Waals surface area contributed by atoms with Gasteiger partial charge < -0.3 is 20.4 Å². The number of fused-ring (bicyclic) bond motifs is 1. The summed E-state index contributed by atoms with van der Waals surface area (Å²) < 4.78 is 5.51. The van der Waals surface area contributed by atoms with Gasteiger partial charge in [-0.3, -0.25) is 4.79 Å². The second kappa shape index (κ2) is 9.90. The predicted molar refractivity (Wildman–Crippen MR) is 121 cm³/mol. The summed E-state index contributed by atoms with van der Waals surface area (Å²) in [5.41, 5.74) is 7.20. The summed E-state index contributed by atoms with van der Waals surface area (Å²) in [6.07, 6.45) is 1.61. The molecule has 0 aliphatic carbocycles. The molecule has 7 nitrogen and oxygen atoms in total. The minimum atomic E-state index is -0.984. The molecule has 31 heavy (non-hydrogen) atoms. The van der Waals surface area contributed by atoms with Crippen molar-refractivity contribution in [3.63, 3.8) is 0 Å². The van der Waals surface area contributed by atoms with E-state index in [-0.39, 0.29) is 5.56 Å². The van der Waals surface area contributed by atoms with E-state index < -0.39 is 5.97 Å². The first kappa shape index (κ1) is 22.0. The summed E-state index contributed by atoms with van der Waals surface area (Å²) in [5, 5.41) is 24.9. The van der Waals surface area contributed by atoms with Crippen molar-refractivity contribution in [2.24, 2.45) is 5.10 Å². The van der Waals surface area contributed by atoms with Crippen molar-refractivity contribution in [2.45, 2.75) is 13.3 Å². The lowest BCUT2D eigenvalue weighted by atomic mass is 10.1. The summed E-state index contributed by atoms with van der Waals surface area (Å²) in [6.45, 7) is 2.62. The molecule has 1 aromatic heterocycles. The fourth-order valence-corrected chi connectivity index (χ4v) is 4.08. The molecule has 0 atom stereocenters. The highest BCUT2D eigenvalue weighted by Gasteiger charge is 2.18. The lowest BCUT2D eigenvalue weighted by Crippen LogP contribution is -2.02. The molecule has 0 saturated heterocycles. The van der Waals surface area contributed by atoms with Crippen molar-refractivity contribution in [1.82, 2.24) is 5.43 Å². The van der Waals surface area contributed by atoms with E-state index in [2.05, 4.69) is 16.6 Å². The number of carbonyl (C=O) groups is 2. The number of hydrogen-bond donors (Lipinski definition) is 3. The van der Waals surface area contributed by atoms with Gasteiger partial charge in [-0.1, -0.05) is 12.1 Å². The summed E-state index contributed by atoms with van der Waals surface area (Å²) in [7, 11) is 1.74. The van der Waals surface area contributed by atoms with E-state index in [1.807, 2.05) is 24.4 Å². The number of carboxylic acid groups (broad SMARTS) is 1. The quantitative estimate of drug-likeness (QED) is 0.313. The van der Waals surface area contributed by atoms with Crippen molar-refractivity contribution in [2.75, 3.05) is 13.7 Å². The van der Waals surface area contributed by atoms with E-state index in [9.17, 15) is 14.7 Å².